The van der Waals surface area contributed by atoms with Crippen molar-refractivity contribution < 1.29 is 14.3 Å². The maximum atomic E-state index is 11.3. The molecule has 0 aliphatic carbocycles. The third-order valence-corrected chi connectivity index (χ3v) is 5.48. The number of ether oxygens (including phenoxy) is 2. The summed E-state index contributed by atoms with van der Waals surface area (Å²) in [5.41, 5.74) is 4.64. The van der Waals surface area contributed by atoms with Gasteiger partial charge in [0.15, 0.2) is 11.5 Å². The third kappa shape index (κ3) is 4.12. The number of nitrogens with one attached hydrogen (secondary N) is 2. The molecular weight excluding hydrogens is 443 g/mol. The lowest BCUT2D eigenvalue weighted by molar-refractivity contribution is -0.114. The average molecular weight is 466 g/mol. The number of hydrogen-bond donors (Lipinski definition) is 2. The molecule has 2 N–H and O–H groups in total. The summed E-state index contributed by atoms with van der Waals surface area (Å²) >= 11 is 2.26. The molecule has 2 aromatic rings. The molecule has 1 atom stereocenters. The summed E-state index contributed by atoms with van der Waals surface area (Å²) in [4.78, 5) is 11.3. The Kier molecular flexibility index (Phi) is 6.03. The van der Waals surface area contributed by atoms with Crippen molar-refractivity contribution in [3.63, 3.8) is 0 Å². The van der Waals surface area contributed by atoms with Crippen LogP contribution in [-0.4, -0.2) is 26.7 Å². The summed E-state index contributed by atoms with van der Waals surface area (Å²) in [6.45, 7) is 2.46. The lowest BCUT2D eigenvalue weighted by atomic mass is 9.90. The second-order valence-corrected chi connectivity index (χ2v) is 7.52. The van der Waals surface area contributed by atoms with Crippen molar-refractivity contribution in [1.29, 1.82) is 0 Å². The molecule has 1 amide bonds. The van der Waals surface area contributed by atoms with Crippen LogP contribution < -0.4 is 20.1 Å². The van der Waals surface area contributed by atoms with Gasteiger partial charge < -0.3 is 20.1 Å². The van der Waals surface area contributed by atoms with E-state index in [1.807, 2.05) is 6.07 Å². The van der Waals surface area contributed by atoms with Crippen LogP contribution in [0.15, 0.2) is 30.3 Å². The van der Waals surface area contributed by atoms with Gasteiger partial charge in [0.2, 0.25) is 5.91 Å². The Hall–Kier alpha value is -1.80. The first-order valence-corrected chi connectivity index (χ1v) is 9.64. The summed E-state index contributed by atoms with van der Waals surface area (Å²) in [7, 11) is 3.33. The number of methoxy groups -OCH3 is 2. The first kappa shape index (κ1) is 19.0. The highest BCUT2D eigenvalue weighted by Gasteiger charge is 2.23. The van der Waals surface area contributed by atoms with Crippen LogP contribution >= 0.6 is 22.6 Å². The maximum Gasteiger partial charge on any atom is 0.221 e. The molecule has 1 aliphatic rings. The number of amides is 1. The number of carbonyl (C=O) groups excluding carboxylic acids is 1. The highest BCUT2D eigenvalue weighted by Crippen LogP contribution is 2.36. The number of halogens is 1. The molecule has 0 saturated heterocycles. The summed E-state index contributed by atoms with van der Waals surface area (Å²) in [5, 5.41) is 6.47. The summed E-state index contributed by atoms with van der Waals surface area (Å²) in [6.07, 6.45) is 1.85. The molecule has 1 heterocycles. The smallest absolute Gasteiger partial charge is 0.221 e. The summed E-state index contributed by atoms with van der Waals surface area (Å²) in [6, 6.07) is 10.6. The van der Waals surface area contributed by atoms with Crippen LogP contribution in [0.25, 0.3) is 0 Å². The molecule has 6 heteroatoms. The van der Waals surface area contributed by atoms with E-state index in [1.54, 1.807) is 14.2 Å². The molecule has 3 rings (SSSR count). The maximum absolute atomic E-state index is 11.3. The van der Waals surface area contributed by atoms with E-state index in [-0.39, 0.29) is 11.9 Å². The van der Waals surface area contributed by atoms with Gasteiger partial charge in [-0.25, -0.2) is 0 Å². The Morgan fingerprint density at radius 3 is 2.62 bits per heavy atom. The topological polar surface area (TPSA) is 59.6 Å². The Labute approximate surface area is 167 Å². The average Bonchev–Trinajstić information content (AvgIpc) is 2.62. The number of hydrogen-bond acceptors (Lipinski definition) is 4. The molecule has 2 aromatic carbocycles. The molecule has 0 saturated carbocycles. The van der Waals surface area contributed by atoms with Crippen LogP contribution in [0, 0.1) is 3.57 Å². The van der Waals surface area contributed by atoms with E-state index in [4.69, 9.17) is 9.47 Å². The highest BCUT2D eigenvalue weighted by molar-refractivity contribution is 14.1. The van der Waals surface area contributed by atoms with Crippen LogP contribution in [0.2, 0.25) is 0 Å². The SMILES string of the molecule is COc1cc2c(cc1OC)C(Cc1ccc(NC(C)=O)c(I)c1)NCC2. The van der Waals surface area contributed by atoms with Crippen molar-refractivity contribution in [3.8, 4) is 11.5 Å². The highest BCUT2D eigenvalue weighted by atomic mass is 127. The van der Waals surface area contributed by atoms with Crippen LogP contribution in [0.4, 0.5) is 5.69 Å². The molecule has 5 nitrogen and oxygen atoms in total. The monoisotopic (exact) mass is 466 g/mol. The van der Waals surface area contributed by atoms with Crippen molar-refractivity contribution in [2.45, 2.75) is 25.8 Å². The van der Waals surface area contributed by atoms with Gasteiger partial charge in [-0.15, -0.1) is 0 Å². The zero-order valence-electron chi connectivity index (χ0n) is 15.2. The van der Waals surface area contributed by atoms with Crippen molar-refractivity contribution in [1.82, 2.24) is 5.32 Å². The van der Waals surface area contributed by atoms with Crippen molar-refractivity contribution in [3.05, 3.63) is 50.6 Å². The van der Waals surface area contributed by atoms with Crippen molar-refractivity contribution in [2.24, 2.45) is 0 Å². The number of rotatable bonds is 5. The zero-order chi connectivity index (χ0) is 18.7. The Morgan fingerprint density at radius 2 is 1.96 bits per heavy atom. The van der Waals surface area contributed by atoms with Gasteiger partial charge in [0.05, 0.1) is 19.9 Å². The molecular formula is C20H23IN2O3. The fourth-order valence-corrected chi connectivity index (χ4v) is 4.08. The molecule has 0 bridgehead atoms. The van der Waals surface area contributed by atoms with E-state index in [9.17, 15) is 4.79 Å². The predicted molar refractivity (Wildman–Crippen MR) is 111 cm³/mol. The number of carbonyl (C=O) groups is 1. The van der Waals surface area contributed by atoms with Crippen molar-refractivity contribution >= 4 is 34.2 Å². The van der Waals surface area contributed by atoms with Gasteiger partial charge in [0, 0.05) is 16.5 Å². The van der Waals surface area contributed by atoms with E-state index in [0.717, 1.165) is 40.1 Å². The van der Waals surface area contributed by atoms with Gasteiger partial charge in [-0.05, 0) is 82.9 Å². The summed E-state index contributed by atoms with van der Waals surface area (Å²) < 4.78 is 12.0. The lowest BCUT2D eigenvalue weighted by Crippen LogP contribution is -2.31. The Bertz CT molecular complexity index is 823. The molecule has 0 radical (unpaired) electrons. The Balaban J connectivity index is 1.86. The molecule has 26 heavy (non-hydrogen) atoms. The van der Waals surface area contributed by atoms with Gasteiger partial charge in [-0.3, -0.25) is 4.79 Å². The van der Waals surface area contributed by atoms with Gasteiger partial charge >= 0.3 is 0 Å². The molecule has 1 unspecified atom stereocenters. The van der Waals surface area contributed by atoms with E-state index in [0.29, 0.717) is 0 Å². The quantitative estimate of drug-likeness (QED) is 0.661. The number of benzene rings is 2. The van der Waals surface area contributed by atoms with Gasteiger partial charge in [-0.1, -0.05) is 6.07 Å². The Morgan fingerprint density at radius 1 is 1.23 bits per heavy atom. The minimum Gasteiger partial charge on any atom is -0.493 e. The largest absolute Gasteiger partial charge is 0.493 e. The lowest BCUT2D eigenvalue weighted by Gasteiger charge is -2.28. The first-order chi connectivity index (χ1) is 12.5. The molecule has 0 aromatic heterocycles. The second kappa shape index (κ2) is 8.26. The summed E-state index contributed by atoms with van der Waals surface area (Å²) in [5.74, 6) is 1.48. The van der Waals surface area contributed by atoms with E-state index in [1.165, 1.54) is 23.6 Å². The minimum atomic E-state index is -0.0559. The zero-order valence-corrected chi connectivity index (χ0v) is 17.3. The molecule has 0 spiro atoms. The van der Waals surface area contributed by atoms with Gasteiger partial charge in [0.25, 0.3) is 0 Å². The standard InChI is InChI=1S/C20H23IN2O3/c1-12(24)23-17-5-4-13(8-16(17)21)9-18-15-11-20(26-3)19(25-2)10-14(15)6-7-22-18/h4-5,8,10-11,18,22H,6-7,9H2,1-3H3,(H,23,24). The minimum absolute atomic E-state index is 0.0559. The number of fused-ring (bicyclic) bond motifs is 1. The van der Waals surface area contributed by atoms with Gasteiger partial charge in [0.1, 0.15) is 0 Å². The fourth-order valence-electron chi connectivity index (χ4n) is 3.36. The fraction of sp³-hybridized carbons (Fsp3) is 0.350. The first-order valence-electron chi connectivity index (χ1n) is 8.56. The molecule has 1 aliphatic heterocycles. The predicted octanol–water partition coefficient (Wildman–Crippen LogP) is 3.70. The van der Waals surface area contributed by atoms with Gasteiger partial charge in [-0.2, -0.15) is 0 Å². The van der Waals surface area contributed by atoms with Crippen LogP contribution in [0.3, 0.4) is 0 Å². The third-order valence-electron chi connectivity index (χ3n) is 4.59. The molecule has 0 fully saturated rings. The van der Waals surface area contributed by atoms with E-state index >= 15 is 0 Å². The van der Waals surface area contributed by atoms with Crippen LogP contribution in [0.1, 0.15) is 29.7 Å². The molecule has 138 valence electrons. The van der Waals surface area contributed by atoms with Crippen LogP contribution in [-0.2, 0) is 17.6 Å². The van der Waals surface area contributed by atoms with E-state index in [2.05, 4.69) is 57.5 Å². The van der Waals surface area contributed by atoms with Crippen LogP contribution in [0.5, 0.6) is 11.5 Å². The normalized spacial score (nSPS) is 15.9. The number of anilines is 1. The second-order valence-electron chi connectivity index (χ2n) is 6.36. The van der Waals surface area contributed by atoms with Crippen molar-refractivity contribution in [2.75, 3.05) is 26.1 Å². The van der Waals surface area contributed by atoms with E-state index < -0.39 is 0 Å².